The van der Waals surface area contributed by atoms with E-state index in [9.17, 15) is 14.4 Å². The van der Waals surface area contributed by atoms with E-state index in [1.165, 1.54) is 56.6 Å². The minimum atomic E-state index is -0.238. The molecule has 0 saturated heterocycles. The molecule has 1 aromatic rings. The first-order valence-electron chi connectivity index (χ1n) is 8.71. The predicted molar refractivity (Wildman–Crippen MR) is 114 cm³/mol. The van der Waals surface area contributed by atoms with Crippen LogP contribution in [0.4, 0.5) is 0 Å². The third kappa shape index (κ3) is 12.2. The lowest BCUT2D eigenvalue weighted by molar-refractivity contribution is -0.131. The average Bonchev–Trinajstić information content (AvgIpc) is 2.68. The minimum absolute atomic E-state index is 0.225. The number of carbonyl (C=O) groups is 3. The first kappa shape index (κ1) is 26.5. The molecule has 1 rings (SSSR count). The lowest BCUT2D eigenvalue weighted by atomic mass is 10.5. The standard InChI is InChI=1S/C16H25N5O6S3/c1-25-19-11(22)4-7-28-14-10-15(29-8-5-12(23)20-26-2)18-16(17-14)30-9-6-13(24)21-27-3/h10H,4-9H2,1-3H3,(H,19,22)(H,20,23)(H,21,24). The number of amides is 3. The van der Waals surface area contributed by atoms with Crippen LogP contribution in [-0.2, 0) is 28.9 Å². The molecule has 1 heterocycles. The lowest BCUT2D eigenvalue weighted by Crippen LogP contribution is -2.22. The predicted octanol–water partition coefficient (Wildman–Crippen LogP) is 0.956. The third-order valence-electron chi connectivity index (χ3n) is 3.02. The normalized spacial score (nSPS) is 10.5. The fourth-order valence-electron chi connectivity index (χ4n) is 1.82. The van der Waals surface area contributed by atoms with Gasteiger partial charge in [0.1, 0.15) is 10.1 Å². The molecule has 0 aromatic carbocycles. The van der Waals surface area contributed by atoms with E-state index in [2.05, 4.69) is 40.9 Å². The number of rotatable bonds is 15. The molecule has 0 unspecified atom stereocenters. The molecule has 11 nitrogen and oxygen atoms in total. The highest BCUT2D eigenvalue weighted by Crippen LogP contribution is 2.27. The summed E-state index contributed by atoms with van der Waals surface area (Å²) in [5.41, 5.74) is 6.78. The summed E-state index contributed by atoms with van der Waals surface area (Å²) in [7, 11) is 4.13. The van der Waals surface area contributed by atoms with Crippen molar-refractivity contribution >= 4 is 53.0 Å². The number of hydroxylamine groups is 3. The van der Waals surface area contributed by atoms with Crippen LogP contribution in [0.15, 0.2) is 21.3 Å². The first-order valence-corrected chi connectivity index (χ1v) is 11.7. The molecule has 0 saturated carbocycles. The number of thioether (sulfide) groups is 3. The summed E-state index contributed by atoms with van der Waals surface area (Å²) >= 11 is 4.15. The van der Waals surface area contributed by atoms with Crippen molar-refractivity contribution < 1.29 is 28.9 Å². The van der Waals surface area contributed by atoms with Gasteiger partial charge in [0.25, 0.3) is 0 Å². The summed E-state index contributed by atoms with van der Waals surface area (Å²) in [6.45, 7) is 0. The zero-order valence-corrected chi connectivity index (χ0v) is 19.3. The summed E-state index contributed by atoms with van der Waals surface area (Å²) in [6, 6.07) is 1.81. The van der Waals surface area contributed by atoms with Crippen LogP contribution in [0.2, 0.25) is 0 Å². The molecule has 0 aliphatic rings. The SMILES string of the molecule is CONC(=O)CCSc1cc(SCCC(=O)NOC)nc(SCCC(=O)NOC)n1. The zero-order valence-electron chi connectivity index (χ0n) is 16.9. The van der Waals surface area contributed by atoms with Gasteiger partial charge < -0.3 is 0 Å². The van der Waals surface area contributed by atoms with Gasteiger partial charge in [-0.15, -0.1) is 23.5 Å². The Morgan fingerprint density at radius 3 is 1.47 bits per heavy atom. The van der Waals surface area contributed by atoms with Gasteiger partial charge >= 0.3 is 0 Å². The van der Waals surface area contributed by atoms with E-state index in [1.54, 1.807) is 6.07 Å². The van der Waals surface area contributed by atoms with Crippen LogP contribution in [0.1, 0.15) is 19.3 Å². The number of nitrogens with zero attached hydrogens (tertiary/aromatic N) is 2. The molecule has 30 heavy (non-hydrogen) atoms. The van der Waals surface area contributed by atoms with E-state index < -0.39 is 0 Å². The smallest absolute Gasteiger partial charge is 0.244 e. The fraction of sp³-hybridized carbons (Fsp3) is 0.562. The van der Waals surface area contributed by atoms with Gasteiger partial charge in [0.05, 0.1) is 21.3 Å². The van der Waals surface area contributed by atoms with Crippen LogP contribution < -0.4 is 16.4 Å². The second kappa shape index (κ2) is 16.2. The molecular formula is C16H25N5O6S3. The van der Waals surface area contributed by atoms with Crippen LogP contribution in [0.5, 0.6) is 0 Å². The monoisotopic (exact) mass is 479 g/mol. The topological polar surface area (TPSA) is 141 Å². The summed E-state index contributed by atoms with van der Waals surface area (Å²) in [5, 5.41) is 1.90. The third-order valence-corrected chi connectivity index (χ3v) is 5.70. The molecule has 3 N–H and O–H groups in total. The average molecular weight is 480 g/mol. The number of nitrogens with one attached hydrogen (secondary N) is 3. The molecule has 14 heteroatoms. The fourth-order valence-corrected chi connectivity index (χ4v) is 4.49. The number of aromatic nitrogens is 2. The minimum Gasteiger partial charge on any atom is -0.277 e. The zero-order chi connectivity index (χ0) is 22.2. The maximum absolute atomic E-state index is 11.5. The van der Waals surface area contributed by atoms with Crippen molar-refractivity contribution in [3.8, 4) is 0 Å². The Bertz CT molecular complexity index is 595. The van der Waals surface area contributed by atoms with E-state index in [1.807, 2.05) is 0 Å². The van der Waals surface area contributed by atoms with E-state index in [0.717, 1.165) is 0 Å². The Balaban J connectivity index is 2.69. The number of carbonyl (C=O) groups excluding carboxylic acids is 3. The van der Waals surface area contributed by atoms with Gasteiger partial charge in [-0.05, 0) is 0 Å². The van der Waals surface area contributed by atoms with Crippen LogP contribution in [0.3, 0.4) is 0 Å². The van der Waals surface area contributed by atoms with Crippen LogP contribution in [-0.4, -0.2) is 66.3 Å². The van der Waals surface area contributed by atoms with Gasteiger partial charge in [0, 0.05) is 42.6 Å². The molecule has 0 aliphatic heterocycles. The van der Waals surface area contributed by atoms with Gasteiger partial charge in [-0.1, -0.05) is 11.8 Å². The Kier molecular flexibility index (Phi) is 14.2. The van der Waals surface area contributed by atoms with E-state index in [-0.39, 0.29) is 37.0 Å². The molecule has 0 aliphatic carbocycles. The molecule has 0 bridgehead atoms. The van der Waals surface area contributed by atoms with E-state index in [0.29, 0.717) is 32.5 Å². The second-order valence-corrected chi connectivity index (χ2v) is 8.60. The number of hydrogen-bond acceptors (Lipinski definition) is 11. The summed E-state index contributed by atoms with van der Waals surface area (Å²) < 4.78 is 0. The van der Waals surface area contributed by atoms with Gasteiger partial charge in [-0.2, -0.15) is 0 Å². The van der Waals surface area contributed by atoms with Gasteiger partial charge in [-0.3, -0.25) is 28.9 Å². The van der Waals surface area contributed by atoms with Crippen molar-refractivity contribution in [2.75, 3.05) is 38.6 Å². The van der Waals surface area contributed by atoms with Crippen LogP contribution in [0, 0.1) is 0 Å². The van der Waals surface area contributed by atoms with Crippen molar-refractivity contribution in [3.05, 3.63) is 6.07 Å². The quantitative estimate of drug-likeness (QED) is 0.143. The van der Waals surface area contributed by atoms with E-state index in [4.69, 9.17) is 0 Å². The number of hydrogen-bond donors (Lipinski definition) is 3. The van der Waals surface area contributed by atoms with Crippen molar-refractivity contribution in [1.29, 1.82) is 0 Å². The molecule has 1 aromatic heterocycles. The Labute approximate surface area is 187 Å². The highest BCUT2D eigenvalue weighted by atomic mass is 32.2. The largest absolute Gasteiger partial charge is 0.277 e. The summed E-state index contributed by atoms with van der Waals surface area (Å²) in [4.78, 5) is 57.2. The first-order chi connectivity index (χ1) is 14.5. The van der Waals surface area contributed by atoms with Crippen molar-refractivity contribution in [2.45, 2.75) is 34.5 Å². The van der Waals surface area contributed by atoms with Crippen molar-refractivity contribution in [1.82, 2.24) is 26.4 Å². The van der Waals surface area contributed by atoms with Crippen molar-refractivity contribution in [2.24, 2.45) is 0 Å². The molecule has 0 radical (unpaired) electrons. The molecular weight excluding hydrogens is 454 g/mol. The second-order valence-electron chi connectivity index (χ2n) is 5.31. The Morgan fingerprint density at radius 1 is 0.733 bits per heavy atom. The maximum atomic E-state index is 11.5. The van der Waals surface area contributed by atoms with Gasteiger partial charge in [0.15, 0.2) is 5.16 Å². The highest BCUT2D eigenvalue weighted by molar-refractivity contribution is 8.00. The van der Waals surface area contributed by atoms with Crippen LogP contribution in [0.25, 0.3) is 0 Å². The van der Waals surface area contributed by atoms with Crippen LogP contribution >= 0.6 is 35.3 Å². The Hall–Kier alpha value is -1.58. The molecule has 0 atom stereocenters. The highest BCUT2D eigenvalue weighted by Gasteiger charge is 2.10. The van der Waals surface area contributed by atoms with Crippen molar-refractivity contribution in [3.63, 3.8) is 0 Å². The molecule has 0 fully saturated rings. The lowest BCUT2D eigenvalue weighted by Gasteiger charge is -2.08. The molecule has 168 valence electrons. The van der Waals surface area contributed by atoms with Gasteiger partial charge in [0.2, 0.25) is 17.7 Å². The maximum Gasteiger partial charge on any atom is 0.244 e. The molecule has 3 amide bonds. The van der Waals surface area contributed by atoms with Gasteiger partial charge in [-0.25, -0.2) is 26.4 Å². The summed E-state index contributed by atoms with van der Waals surface area (Å²) in [6.07, 6.45) is 0.778. The molecule has 0 spiro atoms. The summed E-state index contributed by atoms with van der Waals surface area (Å²) in [5.74, 6) is 0.797. The Morgan fingerprint density at radius 2 is 1.10 bits per heavy atom. The van der Waals surface area contributed by atoms with E-state index >= 15 is 0 Å².